The first-order chi connectivity index (χ1) is 16.6. The average Bonchev–Trinajstić information content (AvgIpc) is 3.12. The smallest absolute Gasteiger partial charge is 0.253 e. The highest BCUT2D eigenvalue weighted by molar-refractivity contribution is 7.92. The van der Waals surface area contributed by atoms with Crippen LogP contribution >= 0.6 is 0 Å². The van der Waals surface area contributed by atoms with Crippen molar-refractivity contribution in [1.82, 2.24) is 15.1 Å². The van der Waals surface area contributed by atoms with Crippen molar-refractivity contribution in [1.29, 1.82) is 5.26 Å². The van der Waals surface area contributed by atoms with Gasteiger partial charge in [0, 0.05) is 19.2 Å². The Balaban J connectivity index is 1.71. The van der Waals surface area contributed by atoms with E-state index in [1.165, 1.54) is 29.8 Å². The lowest BCUT2D eigenvalue weighted by Crippen LogP contribution is -2.26. The summed E-state index contributed by atoms with van der Waals surface area (Å²) in [5, 5.41) is 19.3. The number of hydrogen-bond donors (Lipinski definition) is 4. The molecule has 182 valence electrons. The minimum absolute atomic E-state index is 0.0528. The van der Waals surface area contributed by atoms with Crippen LogP contribution in [0.3, 0.4) is 0 Å². The standard InChI is InChI=1S/C23H25N7O4S/c1-15(31)27-16-10-11-21(29-35(2,33)34)18(13-16)23(32)26-12-6-9-20-19(14-24)22(25)30(28-20)17-7-4-3-5-8-17/h3-5,7-8,10-11,13,29H,6,9,12,25H2,1-2H3,(H,26,32)(H,27,31). The molecule has 1 heterocycles. The van der Waals surface area contributed by atoms with E-state index in [4.69, 9.17) is 5.73 Å². The molecule has 11 nitrogen and oxygen atoms in total. The van der Waals surface area contributed by atoms with E-state index in [0.29, 0.717) is 24.2 Å². The number of hydrogen-bond acceptors (Lipinski definition) is 7. The predicted octanol–water partition coefficient (Wildman–Crippen LogP) is 2.02. The largest absolute Gasteiger partial charge is 0.382 e. The maximum atomic E-state index is 12.8. The second-order valence-electron chi connectivity index (χ2n) is 7.74. The van der Waals surface area contributed by atoms with Gasteiger partial charge in [-0.3, -0.25) is 14.3 Å². The minimum Gasteiger partial charge on any atom is -0.382 e. The third-order valence-corrected chi connectivity index (χ3v) is 5.45. The summed E-state index contributed by atoms with van der Waals surface area (Å²) < 4.78 is 27.2. The van der Waals surface area contributed by atoms with Crippen LogP contribution in [0.15, 0.2) is 48.5 Å². The lowest BCUT2D eigenvalue weighted by atomic mass is 10.1. The highest BCUT2D eigenvalue weighted by Gasteiger charge is 2.18. The number of sulfonamides is 1. The van der Waals surface area contributed by atoms with Crippen LogP contribution in [0.4, 0.5) is 17.2 Å². The fraction of sp³-hybridized carbons (Fsp3) is 0.217. The Kier molecular flexibility index (Phi) is 7.73. The van der Waals surface area contributed by atoms with Gasteiger partial charge in [-0.25, -0.2) is 13.1 Å². The summed E-state index contributed by atoms with van der Waals surface area (Å²) in [6, 6.07) is 15.6. The van der Waals surface area contributed by atoms with Crippen molar-refractivity contribution in [3.05, 3.63) is 65.4 Å². The van der Waals surface area contributed by atoms with E-state index < -0.39 is 15.9 Å². The van der Waals surface area contributed by atoms with Crippen LogP contribution in [0.1, 0.15) is 35.0 Å². The van der Waals surface area contributed by atoms with Gasteiger partial charge in [0.2, 0.25) is 15.9 Å². The number of aryl methyl sites for hydroxylation is 1. The van der Waals surface area contributed by atoms with Gasteiger partial charge < -0.3 is 16.4 Å². The minimum atomic E-state index is -3.63. The van der Waals surface area contributed by atoms with Crippen molar-refractivity contribution in [3.8, 4) is 11.8 Å². The molecule has 0 aliphatic rings. The molecule has 3 aromatic rings. The van der Waals surface area contributed by atoms with Crippen molar-refractivity contribution < 1.29 is 18.0 Å². The number of nitrogens with two attached hydrogens (primary N) is 1. The molecule has 0 spiro atoms. The van der Waals surface area contributed by atoms with Crippen molar-refractivity contribution in [2.24, 2.45) is 0 Å². The summed E-state index contributed by atoms with van der Waals surface area (Å²) in [5.41, 5.74) is 8.12. The third kappa shape index (κ3) is 6.58. The zero-order valence-corrected chi connectivity index (χ0v) is 20.0. The second kappa shape index (κ2) is 10.7. The Hall–Kier alpha value is -4.37. The molecule has 0 atom stereocenters. The number of benzene rings is 2. The number of para-hydroxylation sites is 1. The Morgan fingerprint density at radius 3 is 2.51 bits per heavy atom. The predicted molar refractivity (Wildman–Crippen MR) is 133 cm³/mol. The number of carbonyl (C=O) groups excluding carboxylic acids is 2. The van der Waals surface area contributed by atoms with E-state index in [2.05, 4.69) is 26.5 Å². The van der Waals surface area contributed by atoms with Crippen LogP contribution in [-0.4, -0.2) is 42.8 Å². The molecule has 0 saturated heterocycles. The van der Waals surface area contributed by atoms with Gasteiger partial charge in [0.1, 0.15) is 17.5 Å². The summed E-state index contributed by atoms with van der Waals surface area (Å²) in [7, 11) is -3.63. The molecule has 2 amide bonds. The topological polar surface area (TPSA) is 172 Å². The Morgan fingerprint density at radius 2 is 1.89 bits per heavy atom. The van der Waals surface area contributed by atoms with Crippen LogP contribution in [0, 0.1) is 11.3 Å². The highest BCUT2D eigenvalue weighted by atomic mass is 32.2. The number of nitrogens with zero attached hydrogens (tertiary/aromatic N) is 3. The number of anilines is 3. The first-order valence-corrected chi connectivity index (χ1v) is 12.5. The van der Waals surface area contributed by atoms with Gasteiger partial charge in [-0.05, 0) is 43.2 Å². The Labute approximate surface area is 203 Å². The number of amides is 2. The molecule has 0 bridgehead atoms. The van der Waals surface area contributed by atoms with Crippen molar-refractivity contribution in [2.75, 3.05) is 28.6 Å². The summed E-state index contributed by atoms with van der Waals surface area (Å²) in [4.78, 5) is 24.2. The second-order valence-corrected chi connectivity index (χ2v) is 9.49. The van der Waals surface area contributed by atoms with Crippen molar-refractivity contribution in [2.45, 2.75) is 19.8 Å². The van der Waals surface area contributed by atoms with Crippen LogP contribution in [0.2, 0.25) is 0 Å². The highest BCUT2D eigenvalue weighted by Crippen LogP contribution is 2.23. The molecule has 0 saturated carbocycles. The monoisotopic (exact) mass is 495 g/mol. The molecule has 0 fully saturated rings. The van der Waals surface area contributed by atoms with Gasteiger partial charge in [0.15, 0.2) is 0 Å². The first-order valence-electron chi connectivity index (χ1n) is 10.6. The van der Waals surface area contributed by atoms with Gasteiger partial charge in [0.05, 0.1) is 28.9 Å². The molecule has 0 radical (unpaired) electrons. The van der Waals surface area contributed by atoms with Crippen LogP contribution in [0.5, 0.6) is 0 Å². The molecule has 1 aromatic heterocycles. The molecule has 0 aliphatic heterocycles. The lowest BCUT2D eigenvalue weighted by molar-refractivity contribution is -0.114. The summed E-state index contributed by atoms with van der Waals surface area (Å²) in [5.74, 6) is -0.620. The number of aromatic nitrogens is 2. The zero-order valence-electron chi connectivity index (χ0n) is 19.2. The summed E-state index contributed by atoms with van der Waals surface area (Å²) in [6.45, 7) is 1.55. The molecular weight excluding hydrogens is 470 g/mol. The van der Waals surface area contributed by atoms with Gasteiger partial charge in [-0.2, -0.15) is 10.4 Å². The van der Waals surface area contributed by atoms with Crippen molar-refractivity contribution >= 4 is 39.0 Å². The molecule has 0 unspecified atom stereocenters. The van der Waals surface area contributed by atoms with Gasteiger partial charge in [0.25, 0.3) is 5.91 Å². The third-order valence-electron chi connectivity index (χ3n) is 4.86. The van der Waals surface area contributed by atoms with E-state index in [1.807, 2.05) is 30.3 Å². The van der Waals surface area contributed by atoms with Gasteiger partial charge in [-0.1, -0.05) is 18.2 Å². The van der Waals surface area contributed by atoms with Crippen LogP contribution < -0.4 is 21.1 Å². The van der Waals surface area contributed by atoms with E-state index in [0.717, 1.165) is 11.9 Å². The van der Waals surface area contributed by atoms with E-state index in [-0.39, 0.29) is 35.1 Å². The Morgan fingerprint density at radius 1 is 1.17 bits per heavy atom. The molecular formula is C23H25N7O4S. The van der Waals surface area contributed by atoms with E-state index in [9.17, 15) is 23.3 Å². The average molecular weight is 496 g/mol. The van der Waals surface area contributed by atoms with E-state index >= 15 is 0 Å². The van der Waals surface area contributed by atoms with Crippen molar-refractivity contribution in [3.63, 3.8) is 0 Å². The van der Waals surface area contributed by atoms with Gasteiger partial charge in [-0.15, -0.1) is 0 Å². The van der Waals surface area contributed by atoms with Crippen LogP contribution in [0.25, 0.3) is 5.69 Å². The Bertz CT molecular complexity index is 1390. The molecule has 2 aromatic carbocycles. The summed E-state index contributed by atoms with van der Waals surface area (Å²) in [6.07, 6.45) is 1.81. The number of nitrogen functional groups attached to an aromatic ring is 1. The molecule has 0 aliphatic carbocycles. The van der Waals surface area contributed by atoms with Gasteiger partial charge >= 0.3 is 0 Å². The zero-order chi connectivity index (χ0) is 25.6. The first kappa shape index (κ1) is 25.3. The lowest BCUT2D eigenvalue weighted by Gasteiger charge is -2.13. The van der Waals surface area contributed by atoms with E-state index in [1.54, 1.807) is 0 Å². The van der Waals surface area contributed by atoms with Crippen LogP contribution in [-0.2, 0) is 21.2 Å². The number of rotatable bonds is 9. The maximum Gasteiger partial charge on any atom is 0.253 e. The molecule has 3 rings (SSSR count). The number of nitriles is 1. The fourth-order valence-electron chi connectivity index (χ4n) is 3.40. The number of carbonyl (C=O) groups is 2. The summed E-state index contributed by atoms with van der Waals surface area (Å²) >= 11 is 0. The normalized spacial score (nSPS) is 10.9. The SMILES string of the molecule is CC(=O)Nc1ccc(NS(C)(=O)=O)c(C(=O)NCCCc2nn(-c3ccccc3)c(N)c2C#N)c1. The molecule has 35 heavy (non-hydrogen) atoms. The maximum absolute atomic E-state index is 12.8. The quantitative estimate of drug-likeness (QED) is 0.329. The fourth-order valence-corrected chi connectivity index (χ4v) is 3.97. The molecule has 5 N–H and O–H groups in total. The number of nitrogens with one attached hydrogen (secondary N) is 3. The molecule has 12 heteroatoms.